The molecule has 0 aliphatic carbocycles. The molecule has 21 heavy (non-hydrogen) atoms. The lowest BCUT2D eigenvalue weighted by molar-refractivity contribution is -0.149. The van der Waals surface area contributed by atoms with Crippen LogP contribution in [-0.2, 0) is 9.53 Å². The first-order chi connectivity index (χ1) is 10.2. The summed E-state index contributed by atoms with van der Waals surface area (Å²) < 4.78 is 10.5. The highest BCUT2D eigenvalue weighted by Crippen LogP contribution is 2.34. The van der Waals surface area contributed by atoms with Gasteiger partial charge >= 0.3 is 5.97 Å². The second-order valence-electron chi connectivity index (χ2n) is 5.62. The lowest BCUT2D eigenvalue weighted by Crippen LogP contribution is -2.29. The monoisotopic (exact) mass is 291 g/mol. The molecular weight excluding hydrogens is 266 g/mol. The molecule has 1 aromatic rings. The highest BCUT2D eigenvalue weighted by atomic mass is 16.5. The number of ether oxygens (including phenoxy) is 2. The van der Waals surface area contributed by atoms with Crippen molar-refractivity contribution < 1.29 is 14.3 Å². The van der Waals surface area contributed by atoms with E-state index in [0.717, 1.165) is 25.1 Å². The Morgan fingerprint density at radius 2 is 2.05 bits per heavy atom. The second-order valence-corrected chi connectivity index (χ2v) is 5.62. The SMILES string of the molecule is CCOC(=O)[C@H]1CC(C)NCC[C@@H]1c1ccc(OC)cc1. The smallest absolute Gasteiger partial charge is 0.309 e. The molecule has 0 aromatic heterocycles. The predicted molar refractivity (Wildman–Crippen MR) is 82.6 cm³/mol. The van der Waals surface area contributed by atoms with Crippen LogP contribution in [0.2, 0.25) is 0 Å². The van der Waals surface area contributed by atoms with E-state index in [9.17, 15) is 4.79 Å². The lowest BCUT2D eigenvalue weighted by Gasteiger charge is -2.24. The zero-order valence-corrected chi connectivity index (χ0v) is 13.1. The summed E-state index contributed by atoms with van der Waals surface area (Å²) in [5.41, 5.74) is 1.18. The number of benzene rings is 1. The molecule has 4 nitrogen and oxygen atoms in total. The van der Waals surface area contributed by atoms with Crippen LogP contribution >= 0.6 is 0 Å². The molecule has 1 N–H and O–H groups in total. The number of nitrogens with one attached hydrogen (secondary N) is 1. The molecular formula is C17H25NO3. The zero-order valence-electron chi connectivity index (χ0n) is 13.1. The molecule has 4 heteroatoms. The van der Waals surface area contributed by atoms with E-state index in [2.05, 4.69) is 24.4 Å². The molecule has 1 fully saturated rings. The molecule has 2 rings (SSSR count). The first-order valence-corrected chi connectivity index (χ1v) is 7.69. The Balaban J connectivity index is 2.24. The van der Waals surface area contributed by atoms with Gasteiger partial charge in [-0.15, -0.1) is 0 Å². The number of carbonyl (C=O) groups excluding carboxylic acids is 1. The van der Waals surface area contributed by atoms with Crippen LogP contribution in [0, 0.1) is 5.92 Å². The normalized spacial score (nSPS) is 26.0. The van der Waals surface area contributed by atoms with Gasteiger partial charge in [-0.05, 0) is 56.8 Å². The minimum absolute atomic E-state index is 0.0751. The van der Waals surface area contributed by atoms with Crippen molar-refractivity contribution in [3.05, 3.63) is 29.8 Å². The van der Waals surface area contributed by atoms with Gasteiger partial charge in [0.1, 0.15) is 5.75 Å². The van der Waals surface area contributed by atoms with Crippen molar-refractivity contribution in [2.75, 3.05) is 20.3 Å². The number of rotatable bonds is 4. The van der Waals surface area contributed by atoms with Crippen LogP contribution in [0.1, 0.15) is 38.2 Å². The van der Waals surface area contributed by atoms with Crippen molar-refractivity contribution in [2.45, 2.75) is 38.6 Å². The molecule has 0 bridgehead atoms. The minimum Gasteiger partial charge on any atom is -0.497 e. The first-order valence-electron chi connectivity index (χ1n) is 7.69. The molecule has 0 radical (unpaired) electrons. The van der Waals surface area contributed by atoms with Gasteiger partial charge in [0.05, 0.1) is 19.6 Å². The van der Waals surface area contributed by atoms with E-state index in [-0.39, 0.29) is 17.8 Å². The number of carbonyl (C=O) groups is 1. The third-order valence-corrected chi connectivity index (χ3v) is 4.17. The van der Waals surface area contributed by atoms with Gasteiger partial charge in [0.2, 0.25) is 0 Å². The Morgan fingerprint density at radius 3 is 2.67 bits per heavy atom. The maximum absolute atomic E-state index is 12.3. The third kappa shape index (κ3) is 3.97. The largest absolute Gasteiger partial charge is 0.497 e. The van der Waals surface area contributed by atoms with Gasteiger partial charge in [-0.1, -0.05) is 12.1 Å². The number of hydrogen-bond acceptors (Lipinski definition) is 4. The van der Waals surface area contributed by atoms with Crippen LogP contribution in [-0.4, -0.2) is 32.3 Å². The standard InChI is InChI=1S/C17H25NO3/c1-4-21-17(19)16-11-12(2)18-10-9-15(16)13-5-7-14(20-3)8-6-13/h5-8,12,15-16,18H,4,9-11H2,1-3H3/t12?,15-,16+/m1/s1. The van der Waals surface area contributed by atoms with Crippen molar-refractivity contribution >= 4 is 5.97 Å². The molecule has 1 aromatic carbocycles. The fourth-order valence-electron chi connectivity index (χ4n) is 3.07. The molecule has 1 aliphatic heterocycles. The highest BCUT2D eigenvalue weighted by molar-refractivity contribution is 5.74. The van der Waals surface area contributed by atoms with Crippen LogP contribution in [0.15, 0.2) is 24.3 Å². The molecule has 1 unspecified atom stereocenters. The van der Waals surface area contributed by atoms with Crippen molar-refractivity contribution in [2.24, 2.45) is 5.92 Å². The Bertz CT molecular complexity index is 458. The Labute approximate surface area is 126 Å². The van der Waals surface area contributed by atoms with Crippen LogP contribution in [0.3, 0.4) is 0 Å². The van der Waals surface area contributed by atoms with Gasteiger partial charge < -0.3 is 14.8 Å². The van der Waals surface area contributed by atoms with Crippen molar-refractivity contribution in [3.8, 4) is 5.75 Å². The Hall–Kier alpha value is -1.55. The summed E-state index contributed by atoms with van der Waals surface area (Å²) in [5, 5.41) is 3.46. The predicted octanol–water partition coefficient (Wildman–Crippen LogP) is 2.73. The molecule has 3 atom stereocenters. The quantitative estimate of drug-likeness (QED) is 0.867. The third-order valence-electron chi connectivity index (χ3n) is 4.17. The molecule has 116 valence electrons. The highest BCUT2D eigenvalue weighted by Gasteiger charge is 2.33. The van der Waals surface area contributed by atoms with Gasteiger partial charge in [0.15, 0.2) is 0 Å². The molecule has 0 saturated carbocycles. The topological polar surface area (TPSA) is 47.6 Å². The van der Waals surface area contributed by atoms with Crippen LogP contribution in [0.25, 0.3) is 0 Å². The van der Waals surface area contributed by atoms with E-state index in [1.54, 1.807) is 7.11 Å². The van der Waals surface area contributed by atoms with Crippen LogP contribution in [0.4, 0.5) is 0 Å². The molecule has 0 amide bonds. The summed E-state index contributed by atoms with van der Waals surface area (Å²) >= 11 is 0. The summed E-state index contributed by atoms with van der Waals surface area (Å²) in [6, 6.07) is 8.37. The first kappa shape index (κ1) is 15.8. The van der Waals surface area contributed by atoms with Gasteiger partial charge in [-0.25, -0.2) is 0 Å². The average molecular weight is 291 g/mol. The second kappa shape index (κ2) is 7.46. The summed E-state index contributed by atoms with van der Waals surface area (Å²) in [7, 11) is 1.66. The van der Waals surface area contributed by atoms with E-state index in [1.165, 1.54) is 5.56 Å². The Kier molecular flexibility index (Phi) is 5.62. The number of hydrogen-bond donors (Lipinski definition) is 1. The van der Waals surface area contributed by atoms with Gasteiger partial charge in [-0.3, -0.25) is 4.79 Å². The summed E-state index contributed by atoms with van der Waals surface area (Å²) in [6.07, 6.45) is 1.76. The van der Waals surface area contributed by atoms with Gasteiger partial charge in [-0.2, -0.15) is 0 Å². The van der Waals surface area contributed by atoms with Crippen LogP contribution < -0.4 is 10.1 Å². The minimum atomic E-state index is -0.0802. The summed E-state index contributed by atoms with van der Waals surface area (Å²) in [5.74, 6) is 0.885. The van der Waals surface area contributed by atoms with E-state index in [0.29, 0.717) is 12.6 Å². The van der Waals surface area contributed by atoms with E-state index < -0.39 is 0 Å². The summed E-state index contributed by atoms with van der Waals surface area (Å²) in [6.45, 7) is 5.35. The molecule has 0 spiro atoms. The van der Waals surface area contributed by atoms with Crippen molar-refractivity contribution in [3.63, 3.8) is 0 Å². The lowest BCUT2D eigenvalue weighted by atomic mass is 9.81. The summed E-state index contributed by atoms with van der Waals surface area (Å²) in [4.78, 5) is 12.3. The van der Waals surface area contributed by atoms with Gasteiger partial charge in [0, 0.05) is 6.04 Å². The molecule has 1 saturated heterocycles. The fraction of sp³-hybridized carbons (Fsp3) is 0.588. The average Bonchev–Trinajstić information content (AvgIpc) is 2.69. The zero-order chi connectivity index (χ0) is 15.2. The maximum Gasteiger partial charge on any atom is 0.309 e. The Morgan fingerprint density at radius 1 is 1.33 bits per heavy atom. The van der Waals surface area contributed by atoms with Gasteiger partial charge in [0.25, 0.3) is 0 Å². The molecule has 1 heterocycles. The number of methoxy groups -OCH3 is 1. The van der Waals surface area contributed by atoms with E-state index in [1.807, 2.05) is 19.1 Å². The maximum atomic E-state index is 12.3. The van der Waals surface area contributed by atoms with Crippen LogP contribution in [0.5, 0.6) is 5.75 Å². The number of esters is 1. The molecule has 1 aliphatic rings. The van der Waals surface area contributed by atoms with E-state index in [4.69, 9.17) is 9.47 Å². The van der Waals surface area contributed by atoms with E-state index >= 15 is 0 Å². The van der Waals surface area contributed by atoms with Crippen molar-refractivity contribution in [1.29, 1.82) is 0 Å². The fourth-order valence-corrected chi connectivity index (χ4v) is 3.07. The van der Waals surface area contributed by atoms with Crippen molar-refractivity contribution in [1.82, 2.24) is 5.32 Å².